The monoisotopic (exact) mass is 392 g/mol. The van der Waals surface area contributed by atoms with Crippen LogP contribution in [0, 0.1) is 11.3 Å². The molecular weight excluding hydrogens is 364 g/mol. The van der Waals surface area contributed by atoms with E-state index in [1.165, 1.54) is 0 Å². The maximum Gasteiger partial charge on any atom is 0.232 e. The molecule has 0 aliphatic carbocycles. The van der Waals surface area contributed by atoms with Gasteiger partial charge >= 0.3 is 0 Å². The molecule has 0 spiro atoms. The second-order valence-electron chi connectivity index (χ2n) is 7.76. The molecule has 0 bridgehead atoms. The molecule has 2 atom stereocenters. The lowest BCUT2D eigenvalue weighted by atomic mass is 9.73. The number of nitrogens with zero attached hydrogens (tertiary/aromatic N) is 2. The summed E-state index contributed by atoms with van der Waals surface area (Å²) in [5.41, 5.74) is 1.30. The van der Waals surface area contributed by atoms with Crippen LogP contribution in [0.3, 0.4) is 0 Å². The normalized spacial score (nSPS) is 20.7. The van der Waals surface area contributed by atoms with Gasteiger partial charge in [-0.2, -0.15) is 5.26 Å². The van der Waals surface area contributed by atoms with E-state index in [0.717, 1.165) is 31.4 Å². The minimum absolute atomic E-state index is 0.150. The van der Waals surface area contributed by atoms with Crippen molar-refractivity contribution in [1.29, 1.82) is 5.26 Å². The molecule has 152 valence electrons. The number of amides is 1. The summed E-state index contributed by atoms with van der Waals surface area (Å²) in [6, 6.07) is 14.9. The minimum Gasteiger partial charge on any atom is -0.456 e. The van der Waals surface area contributed by atoms with Gasteiger partial charge in [0.15, 0.2) is 5.75 Å². The van der Waals surface area contributed by atoms with Crippen LogP contribution in [-0.4, -0.2) is 29.5 Å². The number of carbonyl (C=O) groups excluding carboxylic acids is 1. The largest absolute Gasteiger partial charge is 0.456 e. The van der Waals surface area contributed by atoms with Crippen LogP contribution < -0.4 is 4.74 Å². The molecule has 0 radical (unpaired) electrons. The fourth-order valence-corrected chi connectivity index (χ4v) is 4.21. The number of ether oxygens (including phenoxy) is 1. The Hall–Kier alpha value is -2.84. The first-order chi connectivity index (χ1) is 13.9. The third-order valence-electron chi connectivity index (χ3n) is 5.93. The van der Waals surface area contributed by atoms with Crippen molar-refractivity contribution < 1.29 is 14.6 Å². The van der Waals surface area contributed by atoms with Crippen molar-refractivity contribution in [3.8, 4) is 17.6 Å². The van der Waals surface area contributed by atoms with Gasteiger partial charge in [-0.25, -0.2) is 0 Å². The number of hydrogen-bond acceptors (Lipinski definition) is 4. The van der Waals surface area contributed by atoms with Crippen LogP contribution in [0.25, 0.3) is 0 Å². The second-order valence-corrected chi connectivity index (χ2v) is 7.76. The van der Waals surface area contributed by atoms with Gasteiger partial charge in [0.2, 0.25) is 5.91 Å². The lowest BCUT2D eigenvalue weighted by molar-refractivity contribution is -0.135. The van der Waals surface area contributed by atoms with Gasteiger partial charge in [0, 0.05) is 19.2 Å². The Morgan fingerprint density at radius 3 is 2.72 bits per heavy atom. The zero-order valence-corrected chi connectivity index (χ0v) is 17.3. The van der Waals surface area contributed by atoms with E-state index in [9.17, 15) is 15.2 Å². The summed E-state index contributed by atoms with van der Waals surface area (Å²) in [4.78, 5) is 15.1. The van der Waals surface area contributed by atoms with Crippen molar-refractivity contribution in [3.05, 3.63) is 59.2 Å². The fourth-order valence-electron chi connectivity index (χ4n) is 4.21. The predicted molar refractivity (Wildman–Crippen MR) is 112 cm³/mol. The van der Waals surface area contributed by atoms with E-state index >= 15 is 0 Å². The molecule has 29 heavy (non-hydrogen) atoms. The minimum atomic E-state index is -0.763. The number of likely N-dealkylation sites (N-methyl/N-ethyl adjacent to an activating group) is 1. The highest BCUT2D eigenvalue weighted by Gasteiger charge is 2.41. The SMILES string of the molecule is CCC1(c2cccc(Oc3c(C#N)cccc3C(C)O)c2)CCCCN(C)C1=O. The molecule has 1 heterocycles. The first-order valence-corrected chi connectivity index (χ1v) is 10.2. The smallest absolute Gasteiger partial charge is 0.232 e. The third kappa shape index (κ3) is 3.99. The molecule has 2 aromatic carbocycles. The Balaban J connectivity index is 2.03. The highest BCUT2D eigenvalue weighted by Crippen LogP contribution is 2.40. The predicted octanol–water partition coefficient (Wildman–Crippen LogP) is 4.69. The molecule has 2 aromatic rings. The number of aliphatic hydroxyl groups is 1. The van der Waals surface area contributed by atoms with Gasteiger partial charge in [0.1, 0.15) is 11.8 Å². The van der Waals surface area contributed by atoms with E-state index in [2.05, 4.69) is 13.0 Å². The molecule has 5 nitrogen and oxygen atoms in total. The zero-order chi connectivity index (χ0) is 21.0. The summed E-state index contributed by atoms with van der Waals surface area (Å²) in [6.45, 7) is 4.48. The average molecular weight is 392 g/mol. The standard InChI is InChI=1S/C24H28N2O3/c1-4-24(13-5-6-14-26(3)23(24)28)19-10-8-11-20(15-19)29-22-18(16-25)9-7-12-21(22)17(2)27/h7-12,15,17,27H,4-6,13-14H2,1-3H3. The summed E-state index contributed by atoms with van der Waals surface area (Å²) < 4.78 is 6.10. The van der Waals surface area contributed by atoms with Gasteiger partial charge in [-0.15, -0.1) is 0 Å². The highest BCUT2D eigenvalue weighted by atomic mass is 16.5. The van der Waals surface area contributed by atoms with Crippen molar-refractivity contribution in [3.63, 3.8) is 0 Å². The van der Waals surface area contributed by atoms with Crippen LogP contribution in [-0.2, 0) is 10.2 Å². The van der Waals surface area contributed by atoms with Crippen molar-refractivity contribution in [2.75, 3.05) is 13.6 Å². The molecule has 1 saturated heterocycles. The van der Waals surface area contributed by atoms with Crippen LogP contribution in [0.2, 0.25) is 0 Å². The number of benzene rings is 2. The highest BCUT2D eigenvalue weighted by molar-refractivity contribution is 5.88. The second kappa shape index (κ2) is 8.67. The number of rotatable bonds is 5. The summed E-state index contributed by atoms with van der Waals surface area (Å²) >= 11 is 0. The molecule has 1 N–H and O–H groups in total. The van der Waals surface area contributed by atoms with E-state index in [-0.39, 0.29) is 5.91 Å². The van der Waals surface area contributed by atoms with Gasteiger partial charge in [0.25, 0.3) is 0 Å². The number of nitriles is 1. The molecule has 0 saturated carbocycles. The van der Waals surface area contributed by atoms with Gasteiger partial charge in [-0.1, -0.05) is 37.6 Å². The first kappa shape index (κ1) is 20.9. The maximum absolute atomic E-state index is 13.2. The molecular formula is C24H28N2O3. The number of hydrogen-bond donors (Lipinski definition) is 1. The quantitative estimate of drug-likeness (QED) is 0.801. The van der Waals surface area contributed by atoms with E-state index in [1.807, 2.05) is 36.2 Å². The summed E-state index contributed by atoms with van der Waals surface area (Å²) in [5, 5.41) is 19.6. The van der Waals surface area contributed by atoms with Crippen LogP contribution >= 0.6 is 0 Å². The van der Waals surface area contributed by atoms with E-state index in [4.69, 9.17) is 4.74 Å². The van der Waals surface area contributed by atoms with E-state index < -0.39 is 11.5 Å². The Bertz CT molecular complexity index is 932. The fraction of sp³-hybridized carbons (Fsp3) is 0.417. The van der Waals surface area contributed by atoms with E-state index in [1.54, 1.807) is 25.1 Å². The summed E-state index contributed by atoms with van der Waals surface area (Å²) in [6.07, 6.45) is 2.77. The number of carbonyl (C=O) groups is 1. The van der Waals surface area contributed by atoms with Crippen molar-refractivity contribution in [2.45, 2.75) is 51.0 Å². The van der Waals surface area contributed by atoms with Gasteiger partial charge in [0.05, 0.1) is 17.1 Å². The van der Waals surface area contributed by atoms with Crippen molar-refractivity contribution in [1.82, 2.24) is 4.90 Å². The maximum atomic E-state index is 13.2. The topological polar surface area (TPSA) is 73.6 Å². The Labute approximate surface area is 172 Å². The summed E-state index contributed by atoms with van der Waals surface area (Å²) in [5.74, 6) is 1.06. The molecule has 0 aromatic heterocycles. The van der Waals surface area contributed by atoms with Crippen LogP contribution in [0.4, 0.5) is 0 Å². The van der Waals surface area contributed by atoms with Crippen LogP contribution in [0.1, 0.15) is 62.3 Å². The molecule has 1 fully saturated rings. The van der Waals surface area contributed by atoms with Crippen LogP contribution in [0.5, 0.6) is 11.5 Å². The number of para-hydroxylation sites is 1. The molecule has 1 aliphatic rings. The van der Waals surface area contributed by atoms with Crippen molar-refractivity contribution >= 4 is 5.91 Å². The zero-order valence-electron chi connectivity index (χ0n) is 17.3. The Morgan fingerprint density at radius 2 is 2.03 bits per heavy atom. The molecule has 3 rings (SSSR count). The van der Waals surface area contributed by atoms with Gasteiger partial charge < -0.3 is 14.7 Å². The van der Waals surface area contributed by atoms with Gasteiger partial charge in [-0.05, 0) is 49.9 Å². The number of likely N-dealkylation sites (tertiary alicyclic amines) is 1. The lowest BCUT2D eigenvalue weighted by Gasteiger charge is -2.33. The van der Waals surface area contributed by atoms with E-state index in [0.29, 0.717) is 29.0 Å². The first-order valence-electron chi connectivity index (χ1n) is 10.2. The molecule has 2 unspecified atom stereocenters. The third-order valence-corrected chi connectivity index (χ3v) is 5.93. The summed E-state index contributed by atoms with van der Waals surface area (Å²) in [7, 11) is 1.87. The molecule has 1 aliphatic heterocycles. The molecule has 5 heteroatoms. The van der Waals surface area contributed by atoms with Crippen LogP contribution in [0.15, 0.2) is 42.5 Å². The Morgan fingerprint density at radius 1 is 1.28 bits per heavy atom. The molecule has 1 amide bonds. The van der Waals surface area contributed by atoms with Crippen molar-refractivity contribution in [2.24, 2.45) is 0 Å². The lowest BCUT2D eigenvalue weighted by Crippen LogP contribution is -2.43. The van der Waals surface area contributed by atoms with Gasteiger partial charge in [-0.3, -0.25) is 4.79 Å². The number of aliphatic hydroxyl groups excluding tert-OH is 1. The Kier molecular flexibility index (Phi) is 6.24. The average Bonchev–Trinajstić information content (AvgIpc) is 2.87.